The summed E-state index contributed by atoms with van der Waals surface area (Å²) >= 11 is 0. The van der Waals surface area contributed by atoms with Crippen LogP contribution >= 0.6 is 0 Å². The number of rotatable bonds is 1. The normalized spacial score (nSPS) is 6.44. The molecular formula is C5H8O4. The van der Waals surface area contributed by atoms with Crippen molar-refractivity contribution in [2.24, 2.45) is 0 Å². The summed E-state index contributed by atoms with van der Waals surface area (Å²) in [5.74, 6) is -0.759. The number of hydrogen-bond acceptors (Lipinski definition) is 3. The van der Waals surface area contributed by atoms with Gasteiger partial charge in [0, 0.05) is 13.8 Å². The van der Waals surface area contributed by atoms with Gasteiger partial charge in [0.25, 0.3) is 6.47 Å². The fourth-order valence-corrected chi connectivity index (χ4v) is 0. The Labute approximate surface area is 52.5 Å². The van der Waals surface area contributed by atoms with E-state index in [9.17, 15) is 9.59 Å². The highest BCUT2D eigenvalue weighted by molar-refractivity contribution is 6.35. The van der Waals surface area contributed by atoms with E-state index in [4.69, 9.17) is 9.90 Å². The Bertz CT molecular complexity index is 104. The lowest BCUT2D eigenvalue weighted by Crippen LogP contribution is -2.01. The SMILES string of the molecule is CC(=O)C(C)=O.O=CO. The van der Waals surface area contributed by atoms with Gasteiger partial charge in [-0.05, 0) is 0 Å². The lowest BCUT2D eigenvalue weighted by atomic mass is 10.3. The first-order valence-electron chi connectivity index (χ1n) is 2.15. The molecule has 0 aliphatic rings. The average Bonchev–Trinajstić information content (AvgIpc) is 1.68. The largest absolute Gasteiger partial charge is 0.483 e. The van der Waals surface area contributed by atoms with E-state index in [0.717, 1.165) is 0 Å². The van der Waals surface area contributed by atoms with Crippen LogP contribution in [0.1, 0.15) is 13.8 Å². The van der Waals surface area contributed by atoms with Crippen molar-refractivity contribution in [3.05, 3.63) is 0 Å². The van der Waals surface area contributed by atoms with Gasteiger partial charge in [-0.3, -0.25) is 14.4 Å². The zero-order chi connectivity index (χ0) is 7.86. The van der Waals surface area contributed by atoms with E-state index < -0.39 is 0 Å². The van der Waals surface area contributed by atoms with Gasteiger partial charge in [-0.1, -0.05) is 0 Å². The molecule has 0 unspecified atom stereocenters. The van der Waals surface area contributed by atoms with Gasteiger partial charge in [-0.2, -0.15) is 0 Å². The molecule has 0 rings (SSSR count). The molecule has 1 N–H and O–H groups in total. The summed E-state index contributed by atoms with van der Waals surface area (Å²) in [6.07, 6.45) is 0. The Morgan fingerprint density at radius 2 is 1.33 bits per heavy atom. The predicted octanol–water partition coefficient (Wildman–Crippen LogP) is -0.135. The third-order valence-electron chi connectivity index (χ3n) is 0.496. The standard InChI is InChI=1S/C4H6O2.CH2O2/c1-3(5)4(2)6;2-1-3/h1-2H3;1H,(H,2,3). The molecule has 0 aliphatic heterocycles. The fraction of sp³-hybridized carbons (Fsp3) is 0.400. The van der Waals surface area contributed by atoms with Gasteiger partial charge in [0.2, 0.25) is 0 Å². The Morgan fingerprint density at radius 3 is 1.33 bits per heavy atom. The number of carbonyl (C=O) groups is 3. The van der Waals surface area contributed by atoms with Crippen molar-refractivity contribution in [2.45, 2.75) is 13.8 Å². The highest BCUT2D eigenvalue weighted by Gasteiger charge is 1.94. The fourth-order valence-electron chi connectivity index (χ4n) is 0. The molecule has 0 saturated carbocycles. The summed E-state index contributed by atoms with van der Waals surface area (Å²) in [7, 11) is 0. The molecule has 0 radical (unpaired) electrons. The molecule has 4 heteroatoms. The van der Waals surface area contributed by atoms with Gasteiger partial charge in [0.15, 0.2) is 11.6 Å². The van der Waals surface area contributed by atoms with Crippen LogP contribution in [-0.4, -0.2) is 23.1 Å². The second kappa shape index (κ2) is 6.81. The van der Waals surface area contributed by atoms with E-state index in [1.807, 2.05) is 0 Å². The highest BCUT2D eigenvalue weighted by Crippen LogP contribution is 1.66. The van der Waals surface area contributed by atoms with E-state index in [1.165, 1.54) is 13.8 Å². The molecule has 0 aromatic rings. The van der Waals surface area contributed by atoms with E-state index >= 15 is 0 Å². The quantitative estimate of drug-likeness (QED) is 0.398. The minimum absolute atomic E-state index is 0.250. The maximum atomic E-state index is 9.79. The van der Waals surface area contributed by atoms with Crippen LogP contribution in [0.4, 0.5) is 0 Å². The van der Waals surface area contributed by atoms with Crippen molar-refractivity contribution in [2.75, 3.05) is 0 Å². The zero-order valence-corrected chi connectivity index (χ0v) is 5.25. The summed E-state index contributed by atoms with van der Waals surface area (Å²) in [6.45, 7) is 2.25. The van der Waals surface area contributed by atoms with Crippen LogP contribution in [0.2, 0.25) is 0 Å². The lowest BCUT2D eigenvalue weighted by molar-refractivity contribution is -0.134. The van der Waals surface area contributed by atoms with Crippen molar-refractivity contribution < 1.29 is 19.5 Å². The van der Waals surface area contributed by atoms with Gasteiger partial charge in [0.05, 0.1) is 0 Å². The number of carboxylic acid groups (broad SMARTS) is 1. The summed E-state index contributed by atoms with van der Waals surface area (Å²) in [5.41, 5.74) is 0. The molecule has 0 saturated heterocycles. The molecule has 0 aliphatic carbocycles. The minimum atomic E-state index is -0.380. The monoisotopic (exact) mass is 132 g/mol. The number of carbonyl (C=O) groups excluding carboxylic acids is 2. The molecule has 0 amide bonds. The third-order valence-corrected chi connectivity index (χ3v) is 0.496. The summed E-state index contributed by atoms with van der Waals surface area (Å²) in [4.78, 5) is 27.9. The topological polar surface area (TPSA) is 71.4 Å². The van der Waals surface area contributed by atoms with Crippen molar-refractivity contribution >= 4 is 18.0 Å². The molecular weight excluding hydrogens is 124 g/mol. The smallest absolute Gasteiger partial charge is 0.290 e. The van der Waals surface area contributed by atoms with Crippen molar-refractivity contribution in [3.63, 3.8) is 0 Å². The van der Waals surface area contributed by atoms with E-state index in [1.54, 1.807) is 0 Å². The van der Waals surface area contributed by atoms with Crippen molar-refractivity contribution in [3.8, 4) is 0 Å². The number of hydrogen-bond donors (Lipinski definition) is 1. The molecule has 0 heterocycles. The molecule has 0 bridgehead atoms. The molecule has 52 valence electrons. The molecule has 4 nitrogen and oxygen atoms in total. The summed E-state index contributed by atoms with van der Waals surface area (Å²) in [6, 6.07) is 0. The Hall–Kier alpha value is -1.19. The molecule has 0 spiro atoms. The van der Waals surface area contributed by atoms with Crippen molar-refractivity contribution in [1.29, 1.82) is 0 Å². The maximum Gasteiger partial charge on any atom is 0.290 e. The second-order valence-corrected chi connectivity index (χ2v) is 1.22. The minimum Gasteiger partial charge on any atom is -0.483 e. The summed E-state index contributed by atoms with van der Waals surface area (Å²) < 4.78 is 0. The number of Topliss-reactive ketones (excluding diaryl/α,β-unsaturated/α-hetero) is 2. The van der Waals surface area contributed by atoms with E-state index in [-0.39, 0.29) is 18.0 Å². The molecule has 9 heavy (non-hydrogen) atoms. The van der Waals surface area contributed by atoms with Crippen LogP contribution in [0.25, 0.3) is 0 Å². The molecule has 0 fully saturated rings. The van der Waals surface area contributed by atoms with Gasteiger partial charge in [-0.15, -0.1) is 0 Å². The maximum absolute atomic E-state index is 9.79. The highest BCUT2D eigenvalue weighted by atomic mass is 16.3. The van der Waals surface area contributed by atoms with Crippen molar-refractivity contribution in [1.82, 2.24) is 0 Å². The number of ketones is 2. The van der Waals surface area contributed by atoms with Gasteiger partial charge in [0.1, 0.15) is 0 Å². The zero-order valence-electron chi connectivity index (χ0n) is 5.25. The van der Waals surface area contributed by atoms with Gasteiger partial charge in [-0.25, -0.2) is 0 Å². The second-order valence-electron chi connectivity index (χ2n) is 1.22. The third kappa shape index (κ3) is 20.0. The van der Waals surface area contributed by atoms with Crippen LogP contribution in [-0.2, 0) is 14.4 Å². The van der Waals surface area contributed by atoms with Crippen LogP contribution in [0.5, 0.6) is 0 Å². The van der Waals surface area contributed by atoms with Gasteiger partial charge < -0.3 is 5.11 Å². The Kier molecular flexibility index (Phi) is 8.12. The Morgan fingerprint density at radius 1 is 1.22 bits per heavy atom. The lowest BCUT2D eigenvalue weighted by Gasteiger charge is -1.73. The molecule has 0 aromatic heterocycles. The first kappa shape index (κ1) is 10.7. The van der Waals surface area contributed by atoms with Crippen LogP contribution in [0.15, 0.2) is 0 Å². The van der Waals surface area contributed by atoms with E-state index in [2.05, 4.69) is 0 Å². The van der Waals surface area contributed by atoms with Crippen LogP contribution in [0, 0.1) is 0 Å². The molecule has 0 atom stereocenters. The first-order chi connectivity index (χ1) is 4.06. The average molecular weight is 132 g/mol. The van der Waals surface area contributed by atoms with E-state index in [0.29, 0.717) is 0 Å². The van der Waals surface area contributed by atoms with Crippen LogP contribution in [0.3, 0.4) is 0 Å². The predicted molar refractivity (Wildman–Crippen MR) is 30.1 cm³/mol. The summed E-state index contributed by atoms with van der Waals surface area (Å²) in [5, 5.41) is 6.89. The van der Waals surface area contributed by atoms with Gasteiger partial charge >= 0.3 is 0 Å². The molecule has 0 aromatic carbocycles. The Balaban J connectivity index is 0. The van der Waals surface area contributed by atoms with Crippen LogP contribution < -0.4 is 0 Å². The first-order valence-corrected chi connectivity index (χ1v) is 2.15.